The van der Waals surface area contributed by atoms with Crippen LogP contribution in [0.3, 0.4) is 0 Å². The van der Waals surface area contributed by atoms with Gasteiger partial charge in [0.05, 0.1) is 12.8 Å². The smallest absolute Gasteiger partial charge is 0.139 e. The summed E-state index contributed by atoms with van der Waals surface area (Å²) in [5, 5.41) is 0. The first-order valence-electron chi connectivity index (χ1n) is 11.5. The Morgan fingerprint density at radius 2 is 0.786 bits per heavy atom. The highest BCUT2D eigenvalue weighted by Crippen LogP contribution is 2.09. The van der Waals surface area contributed by atoms with E-state index < -0.39 is 0 Å². The van der Waals surface area contributed by atoms with Crippen molar-refractivity contribution in [1.82, 2.24) is 0 Å². The summed E-state index contributed by atoms with van der Waals surface area (Å²) in [6.07, 6.45) is 19.8. The normalized spacial score (nSPS) is 10.1. The van der Waals surface area contributed by atoms with Crippen LogP contribution in [0.25, 0.3) is 0 Å². The van der Waals surface area contributed by atoms with Crippen LogP contribution < -0.4 is 0 Å². The molecule has 0 aliphatic carbocycles. The number of carbonyl (C=O) groups excluding carboxylic acids is 4. The first kappa shape index (κ1) is 28.9. The Morgan fingerprint density at radius 1 is 0.500 bits per heavy atom. The zero-order valence-corrected chi connectivity index (χ0v) is 18.5. The molecule has 0 aliphatic rings. The molecule has 4 heteroatoms. The summed E-state index contributed by atoms with van der Waals surface area (Å²) < 4.78 is 0. The summed E-state index contributed by atoms with van der Waals surface area (Å²) in [5.74, 6) is 0.183. The zero-order valence-electron chi connectivity index (χ0n) is 18.5. The van der Waals surface area contributed by atoms with Crippen molar-refractivity contribution in [3.8, 4) is 0 Å². The lowest BCUT2D eigenvalue weighted by molar-refractivity contribution is -0.123. The van der Waals surface area contributed by atoms with Gasteiger partial charge in [-0.1, -0.05) is 90.9 Å². The Bertz CT molecular complexity index is 341. The molecule has 0 aromatic heterocycles. The number of hydrogen-bond donors (Lipinski definition) is 0. The van der Waals surface area contributed by atoms with E-state index in [0.717, 1.165) is 25.7 Å². The maximum Gasteiger partial charge on any atom is 0.139 e. The Hall–Kier alpha value is -1.32. The SMILES string of the molecule is CCCCCCCCCC(=O)CC=O.CCCCCCCCCC(=O)CC=O. The molecule has 0 radical (unpaired) electrons. The third-order valence-corrected chi connectivity index (χ3v) is 4.74. The molecule has 164 valence electrons. The summed E-state index contributed by atoms with van der Waals surface area (Å²) in [4.78, 5) is 41.9. The number of rotatable bonds is 20. The average molecular weight is 397 g/mol. The molecule has 0 heterocycles. The second-order valence-electron chi connectivity index (χ2n) is 7.56. The predicted octanol–water partition coefficient (Wildman–Crippen LogP) is 6.57. The highest BCUT2D eigenvalue weighted by molar-refractivity contribution is 5.89. The summed E-state index contributed by atoms with van der Waals surface area (Å²) in [5.41, 5.74) is 0. The minimum absolute atomic E-state index is 0.0913. The monoisotopic (exact) mass is 396 g/mol. The van der Waals surface area contributed by atoms with Gasteiger partial charge in [-0.2, -0.15) is 0 Å². The van der Waals surface area contributed by atoms with E-state index in [1.54, 1.807) is 0 Å². The second-order valence-corrected chi connectivity index (χ2v) is 7.56. The van der Waals surface area contributed by atoms with E-state index in [-0.39, 0.29) is 24.4 Å². The molecule has 0 saturated carbocycles. The fourth-order valence-electron chi connectivity index (χ4n) is 2.95. The van der Waals surface area contributed by atoms with Gasteiger partial charge in [-0.3, -0.25) is 9.59 Å². The first-order valence-corrected chi connectivity index (χ1v) is 11.5. The van der Waals surface area contributed by atoms with Gasteiger partial charge in [-0.25, -0.2) is 0 Å². The van der Waals surface area contributed by atoms with E-state index in [2.05, 4.69) is 13.8 Å². The molecule has 0 spiro atoms. The largest absolute Gasteiger partial charge is 0.303 e. The van der Waals surface area contributed by atoms with Crippen LogP contribution in [0, 0.1) is 0 Å². The minimum atomic E-state index is 0.0913. The van der Waals surface area contributed by atoms with E-state index in [1.807, 2.05) is 0 Å². The van der Waals surface area contributed by atoms with Gasteiger partial charge in [0.25, 0.3) is 0 Å². The van der Waals surface area contributed by atoms with Gasteiger partial charge < -0.3 is 9.59 Å². The van der Waals surface area contributed by atoms with E-state index >= 15 is 0 Å². The van der Waals surface area contributed by atoms with Crippen molar-refractivity contribution in [2.45, 2.75) is 129 Å². The van der Waals surface area contributed by atoms with Gasteiger partial charge in [0.1, 0.15) is 24.1 Å². The Balaban J connectivity index is 0. The standard InChI is InChI=1S/2C12H22O2/c2*1-2-3-4-5-6-7-8-9-12(14)10-11-13/h2*11H,2-10H2,1H3. The number of carbonyl (C=O) groups is 4. The van der Waals surface area contributed by atoms with Crippen molar-refractivity contribution in [3.05, 3.63) is 0 Å². The molecule has 0 bridgehead atoms. The molecular formula is C24H44O4. The first-order chi connectivity index (χ1) is 13.6. The van der Waals surface area contributed by atoms with Crippen LogP contribution in [0.15, 0.2) is 0 Å². The maximum atomic E-state index is 10.9. The van der Waals surface area contributed by atoms with Gasteiger partial charge >= 0.3 is 0 Å². The van der Waals surface area contributed by atoms with Crippen molar-refractivity contribution in [2.75, 3.05) is 0 Å². The van der Waals surface area contributed by atoms with Crippen LogP contribution in [-0.4, -0.2) is 24.1 Å². The molecule has 0 unspecified atom stereocenters. The van der Waals surface area contributed by atoms with Crippen LogP contribution in [-0.2, 0) is 19.2 Å². The lowest BCUT2D eigenvalue weighted by Gasteiger charge is -1.99. The average Bonchev–Trinajstić information content (AvgIpc) is 2.67. The lowest BCUT2D eigenvalue weighted by Crippen LogP contribution is -1.97. The fourth-order valence-corrected chi connectivity index (χ4v) is 2.95. The van der Waals surface area contributed by atoms with Crippen LogP contribution >= 0.6 is 0 Å². The molecule has 0 N–H and O–H groups in total. The molecule has 0 aliphatic heterocycles. The Morgan fingerprint density at radius 3 is 1.07 bits per heavy atom. The van der Waals surface area contributed by atoms with Crippen LogP contribution in [0.2, 0.25) is 0 Å². The summed E-state index contributed by atoms with van der Waals surface area (Å²) in [6, 6.07) is 0. The van der Waals surface area contributed by atoms with Crippen LogP contribution in [0.4, 0.5) is 0 Å². The predicted molar refractivity (Wildman–Crippen MR) is 117 cm³/mol. The van der Waals surface area contributed by atoms with Crippen LogP contribution in [0.1, 0.15) is 129 Å². The molecule has 0 fully saturated rings. The van der Waals surface area contributed by atoms with Gasteiger partial charge in [0.2, 0.25) is 0 Å². The number of Topliss-reactive ketones (excluding diaryl/α,β-unsaturated/α-hetero) is 2. The van der Waals surface area contributed by atoms with E-state index in [0.29, 0.717) is 25.4 Å². The van der Waals surface area contributed by atoms with Gasteiger partial charge in [0.15, 0.2) is 0 Å². The number of hydrogen-bond acceptors (Lipinski definition) is 4. The molecule has 4 nitrogen and oxygen atoms in total. The molecule has 0 aromatic carbocycles. The topological polar surface area (TPSA) is 68.3 Å². The van der Waals surface area contributed by atoms with Crippen molar-refractivity contribution < 1.29 is 19.2 Å². The highest BCUT2D eigenvalue weighted by atomic mass is 16.1. The maximum absolute atomic E-state index is 10.9. The molecule has 0 atom stereocenters. The Kier molecular flexibility index (Phi) is 26.5. The molecule has 0 amide bonds. The molecule has 28 heavy (non-hydrogen) atoms. The summed E-state index contributed by atoms with van der Waals surface area (Å²) >= 11 is 0. The second kappa shape index (κ2) is 25.7. The Labute approximate surface area is 173 Å². The summed E-state index contributed by atoms with van der Waals surface area (Å²) in [7, 11) is 0. The third-order valence-electron chi connectivity index (χ3n) is 4.74. The third kappa shape index (κ3) is 26.9. The number of ketones is 2. The van der Waals surface area contributed by atoms with Crippen molar-refractivity contribution in [1.29, 1.82) is 0 Å². The molecular weight excluding hydrogens is 352 g/mol. The van der Waals surface area contributed by atoms with Gasteiger partial charge in [0, 0.05) is 12.8 Å². The fraction of sp³-hybridized carbons (Fsp3) is 0.833. The quantitative estimate of drug-likeness (QED) is 0.133. The lowest BCUT2D eigenvalue weighted by atomic mass is 10.1. The van der Waals surface area contributed by atoms with Gasteiger partial charge in [-0.05, 0) is 12.8 Å². The van der Waals surface area contributed by atoms with E-state index in [9.17, 15) is 19.2 Å². The summed E-state index contributed by atoms with van der Waals surface area (Å²) in [6.45, 7) is 4.41. The van der Waals surface area contributed by atoms with E-state index in [1.165, 1.54) is 64.2 Å². The van der Waals surface area contributed by atoms with Crippen molar-refractivity contribution in [2.24, 2.45) is 0 Å². The van der Waals surface area contributed by atoms with Crippen molar-refractivity contribution >= 4 is 24.1 Å². The zero-order chi connectivity index (χ0) is 21.3. The van der Waals surface area contributed by atoms with Crippen molar-refractivity contribution in [3.63, 3.8) is 0 Å². The van der Waals surface area contributed by atoms with Gasteiger partial charge in [-0.15, -0.1) is 0 Å². The number of unbranched alkanes of at least 4 members (excludes halogenated alkanes) is 12. The molecule has 0 rings (SSSR count). The van der Waals surface area contributed by atoms with Crippen LogP contribution in [0.5, 0.6) is 0 Å². The number of aldehydes is 2. The molecule has 0 saturated heterocycles. The van der Waals surface area contributed by atoms with E-state index in [4.69, 9.17) is 0 Å². The highest BCUT2D eigenvalue weighted by Gasteiger charge is 2.00. The minimum Gasteiger partial charge on any atom is -0.303 e. The molecule has 0 aromatic rings.